The SMILES string of the molecule is Cc1cc(O)c(C2CCCCC2)cc1C1C=CC=C(O)C1(O)c1cc(C2CCCCC2)c(O)cc1C. The topological polar surface area (TPSA) is 80.9 Å². The Hall–Kier alpha value is -2.72. The molecule has 5 rings (SSSR count). The van der Waals surface area contributed by atoms with Crippen LogP contribution in [0.25, 0.3) is 0 Å². The lowest BCUT2D eigenvalue weighted by Gasteiger charge is -2.39. The van der Waals surface area contributed by atoms with Crippen molar-refractivity contribution in [2.75, 3.05) is 0 Å². The van der Waals surface area contributed by atoms with Crippen LogP contribution in [0.5, 0.6) is 11.5 Å². The predicted octanol–water partition coefficient (Wildman–Crippen LogP) is 7.79. The highest BCUT2D eigenvalue weighted by Crippen LogP contribution is 2.50. The van der Waals surface area contributed by atoms with E-state index in [9.17, 15) is 20.4 Å². The second-order valence-electron chi connectivity index (χ2n) is 11.3. The third-order valence-corrected chi connectivity index (χ3v) is 9.02. The number of hydrogen-bond acceptors (Lipinski definition) is 4. The molecule has 2 unspecified atom stereocenters. The van der Waals surface area contributed by atoms with Crippen LogP contribution in [0.3, 0.4) is 0 Å². The molecule has 192 valence electrons. The number of benzene rings is 2. The fraction of sp³-hybridized carbons (Fsp3) is 0.500. The van der Waals surface area contributed by atoms with E-state index in [0.29, 0.717) is 17.2 Å². The van der Waals surface area contributed by atoms with Gasteiger partial charge in [0.25, 0.3) is 0 Å². The zero-order valence-corrected chi connectivity index (χ0v) is 21.6. The van der Waals surface area contributed by atoms with Gasteiger partial charge in [-0.05, 0) is 109 Å². The molecule has 0 saturated heterocycles. The van der Waals surface area contributed by atoms with Crippen molar-refractivity contribution in [1.29, 1.82) is 0 Å². The number of aryl methyl sites for hydroxylation is 2. The first-order chi connectivity index (χ1) is 17.3. The number of phenols is 2. The molecular formula is C32H40O4. The fourth-order valence-electron chi connectivity index (χ4n) is 6.98. The molecular weight excluding hydrogens is 448 g/mol. The smallest absolute Gasteiger partial charge is 0.157 e. The zero-order chi connectivity index (χ0) is 25.4. The first-order valence-corrected chi connectivity index (χ1v) is 13.8. The molecule has 0 radical (unpaired) electrons. The summed E-state index contributed by atoms with van der Waals surface area (Å²) in [7, 11) is 0. The molecule has 2 saturated carbocycles. The van der Waals surface area contributed by atoms with Crippen LogP contribution in [0.1, 0.15) is 115 Å². The summed E-state index contributed by atoms with van der Waals surface area (Å²) >= 11 is 0. The van der Waals surface area contributed by atoms with E-state index in [1.54, 1.807) is 18.2 Å². The standard InChI is InChI=1S/C32H40O4/c1-20-16-29(33)25(22-10-5-3-6-11-22)18-24(20)27-14-9-15-31(35)32(27,36)28-19-26(30(34)17-21(28)2)23-12-7-4-8-13-23/h9,14-19,22-23,27,33-36H,3-8,10-13H2,1-2H3. The summed E-state index contributed by atoms with van der Waals surface area (Å²) < 4.78 is 0. The Balaban J connectivity index is 1.62. The quantitative estimate of drug-likeness (QED) is 0.354. The highest BCUT2D eigenvalue weighted by Gasteiger charge is 2.45. The molecule has 3 aliphatic rings. The average Bonchev–Trinajstić information content (AvgIpc) is 2.87. The van der Waals surface area contributed by atoms with Crippen molar-refractivity contribution in [3.8, 4) is 11.5 Å². The predicted molar refractivity (Wildman–Crippen MR) is 144 cm³/mol. The second kappa shape index (κ2) is 9.97. The van der Waals surface area contributed by atoms with Crippen LogP contribution in [0.2, 0.25) is 0 Å². The number of aliphatic hydroxyl groups excluding tert-OH is 1. The Labute approximate surface area is 215 Å². The van der Waals surface area contributed by atoms with Gasteiger partial charge in [0.2, 0.25) is 0 Å². The third kappa shape index (κ3) is 4.34. The summed E-state index contributed by atoms with van der Waals surface area (Å²) in [4.78, 5) is 0. The molecule has 0 heterocycles. The molecule has 2 aromatic rings. The van der Waals surface area contributed by atoms with Gasteiger partial charge in [-0.15, -0.1) is 0 Å². The van der Waals surface area contributed by atoms with Gasteiger partial charge in [0, 0.05) is 5.92 Å². The van der Waals surface area contributed by atoms with E-state index < -0.39 is 11.5 Å². The fourth-order valence-corrected chi connectivity index (χ4v) is 6.98. The van der Waals surface area contributed by atoms with Crippen LogP contribution in [0.4, 0.5) is 0 Å². The van der Waals surface area contributed by atoms with Gasteiger partial charge >= 0.3 is 0 Å². The summed E-state index contributed by atoms with van der Waals surface area (Å²) in [5.41, 5.74) is 3.34. The maximum Gasteiger partial charge on any atom is 0.157 e. The van der Waals surface area contributed by atoms with Gasteiger partial charge in [-0.25, -0.2) is 0 Å². The molecule has 0 amide bonds. The molecule has 0 spiro atoms. The van der Waals surface area contributed by atoms with Crippen LogP contribution in [0.15, 0.2) is 48.3 Å². The summed E-state index contributed by atoms with van der Waals surface area (Å²) in [6.45, 7) is 3.85. The Morgan fingerprint density at radius 3 is 1.78 bits per heavy atom. The molecule has 3 aliphatic carbocycles. The molecule has 0 bridgehead atoms. The Morgan fingerprint density at radius 2 is 1.19 bits per heavy atom. The van der Waals surface area contributed by atoms with Crippen molar-refractivity contribution in [3.05, 3.63) is 81.6 Å². The molecule has 0 aromatic heterocycles. The number of rotatable bonds is 4. The minimum Gasteiger partial charge on any atom is -0.509 e. The largest absolute Gasteiger partial charge is 0.509 e. The van der Waals surface area contributed by atoms with Crippen LogP contribution in [-0.2, 0) is 5.60 Å². The van der Waals surface area contributed by atoms with E-state index >= 15 is 0 Å². The minimum absolute atomic E-state index is 0.0925. The van der Waals surface area contributed by atoms with Gasteiger partial charge in [-0.2, -0.15) is 0 Å². The molecule has 2 fully saturated rings. The highest BCUT2D eigenvalue weighted by atomic mass is 16.3. The molecule has 36 heavy (non-hydrogen) atoms. The van der Waals surface area contributed by atoms with Gasteiger partial charge in [0.1, 0.15) is 17.3 Å². The third-order valence-electron chi connectivity index (χ3n) is 9.02. The van der Waals surface area contributed by atoms with E-state index in [4.69, 9.17) is 0 Å². The van der Waals surface area contributed by atoms with Crippen LogP contribution in [0, 0.1) is 13.8 Å². The Morgan fingerprint density at radius 1 is 0.667 bits per heavy atom. The normalized spacial score (nSPS) is 25.6. The van der Waals surface area contributed by atoms with Gasteiger partial charge < -0.3 is 20.4 Å². The number of phenolic OH excluding ortho intramolecular Hbond substituents is 2. The monoisotopic (exact) mass is 488 g/mol. The first-order valence-electron chi connectivity index (χ1n) is 13.8. The van der Waals surface area contributed by atoms with Crippen molar-refractivity contribution in [2.24, 2.45) is 0 Å². The van der Waals surface area contributed by atoms with Crippen molar-refractivity contribution in [2.45, 2.75) is 101 Å². The average molecular weight is 489 g/mol. The summed E-state index contributed by atoms with van der Waals surface area (Å²) in [5, 5.41) is 45.3. The summed E-state index contributed by atoms with van der Waals surface area (Å²) in [6, 6.07) is 7.57. The molecule has 4 nitrogen and oxygen atoms in total. The molecule has 4 heteroatoms. The summed E-state index contributed by atoms with van der Waals surface area (Å²) in [6.07, 6.45) is 16.6. The maximum absolute atomic E-state index is 12.4. The zero-order valence-electron chi connectivity index (χ0n) is 21.6. The first kappa shape index (κ1) is 25.0. The van der Waals surface area contributed by atoms with Crippen LogP contribution < -0.4 is 0 Å². The van der Waals surface area contributed by atoms with E-state index in [-0.39, 0.29) is 17.4 Å². The summed E-state index contributed by atoms with van der Waals surface area (Å²) in [5.74, 6) is 0.568. The maximum atomic E-state index is 12.4. The lowest BCUT2D eigenvalue weighted by Crippen LogP contribution is -2.37. The van der Waals surface area contributed by atoms with Crippen molar-refractivity contribution in [1.82, 2.24) is 0 Å². The van der Waals surface area contributed by atoms with Gasteiger partial charge in [0.15, 0.2) is 5.60 Å². The van der Waals surface area contributed by atoms with Crippen LogP contribution in [-0.4, -0.2) is 20.4 Å². The number of aliphatic hydroxyl groups is 2. The van der Waals surface area contributed by atoms with Crippen molar-refractivity contribution in [3.63, 3.8) is 0 Å². The highest BCUT2D eigenvalue weighted by molar-refractivity contribution is 5.55. The van der Waals surface area contributed by atoms with E-state index in [1.807, 2.05) is 32.1 Å². The molecule has 2 aromatic carbocycles. The van der Waals surface area contributed by atoms with Crippen molar-refractivity contribution >= 4 is 0 Å². The van der Waals surface area contributed by atoms with Gasteiger partial charge in [-0.3, -0.25) is 0 Å². The number of hydrogen-bond donors (Lipinski definition) is 4. The van der Waals surface area contributed by atoms with E-state index in [0.717, 1.165) is 66.3 Å². The Bertz CT molecular complexity index is 1180. The second-order valence-corrected chi connectivity index (χ2v) is 11.3. The molecule has 0 aliphatic heterocycles. The van der Waals surface area contributed by atoms with Crippen molar-refractivity contribution < 1.29 is 20.4 Å². The number of allylic oxidation sites excluding steroid dienone is 2. The number of aromatic hydroxyl groups is 2. The lowest BCUT2D eigenvalue weighted by molar-refractivity contribution is 0.0154. The molecule has 2 atom stereocenters. The van der Waals surface area contributed by atoms with Gasteiger partial charge in [-0.1, -0.05) is 56.7 Å². The van der Waals surface area contributed by atoms with E-state index in [1.165, 1.54) is 25.7 Å². The Kier molecular flexibility index (Phi) is 6.91. The van der Waals surface area contributed by atoms with Crippen LogP contribution >= 0.6 is 0 Å². The minimum atomic E-state index is -1.67. The lowest BCUT2D eigenvalue weighted by atomic mass is 9.69. The molecule has 4 N–H and O–H groups in total. The van der Waals surface area contributed by atoms with Gasteiger partial charge in [0.05, 0.1) is 0 Å². The van der Waals surface area contributed by atoms with E-state index in [2.05, 4.69) is 6.07 Å².